The number of thioether (sulfide) groups is 1. The Morgan fingerprint density at radius 3 is 2.59 bits per heavy atom. The Balaban J connectivity index is 2.04. The monoisotopic (exact) mass is 336 g/mol. The van der Waals surface area contributed by atoms with Crippen LogP contribution in [0.5, 0.6) is 5.75 Å². The molecule has 0 unspecified atom stereocenters. The smallest absolute Gasteiger partial charge is 0.266 e. The molecule has 1 aliphatic rings. The van der Waals surface area contributed by atoms with Crippen LogP contribution in [-0.4, -0.2) is 54.3 Å². The average Bonchev–Trinajstić information content (AvgIpc) is 2.75. The first kappa shape index (κ1) is 17.0. The highest BCUT2D eigenvalue weighted by molar-refractivity contribution is 8.26. The van der Waals surface area contributed by atoms with Crippen LogP contribution in [-0.2, 0) is 4.79 Å². The van der Waals surface area contributed by atoms with Gasteiger partial charge in [-0.05, 0) is 50.8 Å². The molecule has 0 bridgehead atoms. The van der Waals surface area contributed by atoms with Crippen molar-refractivity contribution in [3.63, 3.8) is 0 Å². The summed E-state index contributed by atoms with van der Waals surface area (Å²) in [5.41, 5.74) is 0.967. The molecule has 4 nitrogen and oxygen atoms in total. The largest absolute Gasteiger partial charge is 0.497 e. The number of methoxy groups -OCH3 is 1. The number of carbonyl (C=O) groups excluding carboxylic acids is 1. The molecule has 0 spiro atoms. The van der Waals surface area contributed by atoms with Crippen molar-refractivity contribution in [1.82, 2.24) is 9.80 Å². The van der Waals surface area contributed by atoms with E-state index in [4.69, 9.17) is 17.0 Å². The maximum absolute atomic E-state index is 12.4. The van der Waals surface area contributed by atoms with Crippen molar-refractivity contribution in [2.45, 2.75) is 6.42 Å². The lowest BCUT2D eigenvalue weighted by atomic mass is 10.2. The average molecular weight is 336 g/mol. The molecular weight excluding hydrogens is 316 g/mol. The number of ether oxygens (including phenoxy) is 1. The number of nitrogens with zero attached hydrogens (tertiary/aromatic N) is 2. The quantitative estimate of drug-likeness (QED) is 0.589. The zero-order chi connectivity index (χ0) is 16.1. The van der Waals surface area contributed by atoms with Crippen LogP contribution in [0.1, 0.15) is 12.0 Å². The summed E-state index contributed by atoms with van der Waals surface area (Å²) >= 11 is 6.69. The number of hydrogen-bond donors (Lipinski definition) is 0. The Hall–Kier alpha value is -1.37. The summed E-state index contributed by atoms with van der Waals surface area (Å²) in [5, 5.41) is 0. The SMILES string of the molecule is COc1ccc(C=C2SC(=S)N(CCCN(C)C)C2=O)cc1. The Labute approximate surface area is 141 Å². The van der Waals surface area contributed by atoms with Crippen molar-refractivity contribution in [2.75, 3.05) is 34.3 Å². The molecule has 1 fully saturated rings. The lowest BCUT2D eigenvalue weighted by molar-refractivity contribution is -0.122. The number of amides is 1. The molecule has 2 rings (SSSR count). The number of rotatable bonds is 6. The van der Waals surface area contributed by atoms with Crippen LogP contribution >= 0.6 is 24.0 Å². The van der Waals surface area contributed by atoms with Gasteiger partial charge in [0.1, 0.15) is 10.1 Å². The highest BCUT2D eigenvalue weighted by atomic mass is 32.2. The first-order valence-electron chi connectivity index (χ1n) is 7.05. The molecule has 0 radical (unpaired) electrons. The molecule has 1 aromatic carbocycles. The van der Waals surface area contributed by atoms with E-state index >= 15 is 0 Å². The maximum Gasteiger partial charge on any atom is 0.266 e. The Morgan fingerprint density at radius 2 is 2.00 bits per heavy atom. The summed E-state index contributed by atoms with van der Waals surface area (Å²) in [6.07, 6.45) is 2.79. The Bertz CT molecular complexity index is 582. The molecular formula is C16H20N2O2S2. The second-order valence-corrected chi connectivity index (χ2v) is 6.94. The van der Waals surface area contributed by atoms with E-state index in [0.717, 1.165) is 24.3 Å². The predicted molar refractivity (Wildman–Crippen MR) is 96.0 cm³/mol. The van der Waals surface area contributed by atoms with Crippen LogP contribution in [0.3, 0.4) is 0 Å². The molecule has 0 aromatic heterocycles. The number of carbonyl (C=O) groups is 1. The van der Waals surface area contributed by atoms with Gasteiger partial charge in [0.2, 0.25) is 0 Å². The number of thiocarbonyl (C=S) groups is 1. The van der Waals surface area contributed by atoms with E-state index in [1.54, 1.807) is 12.0 Å². The van der Waals surface area contributed by atoms with Crippen LogP contribution in [0.25, 0.3) is 6.08 Å². The summed E-state index contributed by atoms with van der Waals surface area (Å²) in [7, 11) is 5.68. The molecule has 0 atom stereocenters. The zero-order valence-electron chi connectivity index (χ0n) is 13.0. The van der Waals surface area contributed by atoms with Gasteiger partial charge in [-0.1, -0.05) is 36.1 Å². The second kappa shape index (κ2) is 7.76. The van der Waals surface area contributed by atoms with Crippen molar-refractivity contribution < 1.29 is 9.53 Å². The van der Waals surface area contributed by atoms with Crippen molar-refractivity contribution >= 4 is 40.3 Å². The van der Waals surface area contributed by atoms with Crippen molar-refractivity contribution in [2.24, 2.45) is 0 Å². The van der Waals surface area contributed by atoms with Crippen LogP contribution in [0.2, 0.25) is 0 Å². The molecule has 118 valence electrons. The third-order valence-corrected chi connectivity index (χ3v) is 4.65. The van der Waals surface area contributed by atoms with Gasteiger partial charge < -0.3 is 9.64 Å². The summed E-state index contributed by atoms with van der Waals surface area (Å²) in [6.45, 7) is 1.61. The molecule has 1 aliphatic heterocycles. The minimum Gasteiger partial charge on any atom is -0.497 e. The molecule has 1 saturated heterocycles. The van der Waals surface area contributed by atoms with E-state index < -0.39 is 0 Å². The fraction of sp³-hybridized carbons (Fsp3) is 0.375. The van der Waals surface area contributed by atoms with Gasteiger partial charge in [0.15, 0.2) is 0 Å². The maximum atomic E-state index is 12.4. The van der Waals surface area contributed by atoms with Gasteiger partial charge >= 0.3 is 0 Å². The Morgan fingerprint density at radius 1 is 1.32 bits per heavy atom. The first-order chi connectivity index (χ1) is 10.5. The Kier molecular flexibility index (Phi) is 5.99. The van der Waals surface area contributed by atoms with Crippen molar-refractivity contribution in [1.29, 1.82) is 0 Å². The van der Waals surface area contributed by atoms with E-state index in [9.17, 15) is 4.79 Å². The molecule has 1 amide bonds. The molecule has 1 heterocycles. The van der Waals surface area contributed by atoms with Crippen LogP contribution in [0.15, 0.2) is 29.2 Å². The van der Waals surface area contributed by atoms with Gasteiger partial charge in [0.25, 0.3) is 5.91 Å². The molecule has 22 heavy (non-hydrogen) atoms. The van der Waals surface area contributed by atoms with Crippen molar-refractivity contribution in [3.05, 3.63) is 34.7 Å². The van der Waals surface area contributed by atoms with Crippen molar-refractivity contribution in [3.8, 4) is 5.75 Å². The van der Waals surface area contributed by atoms with Gasteiger partial charge in [-0.3, -0.25) is 9.69 Å². The van der Waals surface area contributed by atoms with Gasteiger partial charge in [-0.2, -0.15) is 0 Å². The lowest BCUT2D eigenvalue weighted by Crippen LogP contribution is -2.30. The molecule has 1 aromatic rings. The third-order valence-electron chi connectivity index (χ3n) is 3.27. The standard InChI is InChI=1S/C16H20N2O2S2/c1-17(2)9-4-10-18-15(19)14(22-16(18)21)11-12-5-7-13(20-3)8-6-12/h5-8,11H,4,9-10H2,1-3H3. The highest BCUT2D eigenvalue weighted by Gasteiger charge is 2.31. The predicted octanol–water partition coefficient (Wildman–Crippen LogP) is 2.85. The molecule has 0 saturated carbocycles. The first-order valence-corrected chi connectivity index (χ1v) is 8.28. The van der Waals surface area contributed by atoms with Gasteiger partial charge in [0.05, 0.1) is 12.0 Å². The van der Waals surface area contributed by atoms with E-state index in [2.05, 4.69) is 4.90 Å². The van der Waals surface area contributed by atoms with Gasteiger partial charge in [0, 0.05) is 6.54 Å². The van der Waals surface area contributed by atoms with E-state index in [0.29, 0.717) is 15.8 Å². The topological polar surface area (TPSA) is 32.8 Å². The minimum absolute atomic E-state index is 0.00424. The second-order valence-electron chi connectivity index (χ2n) is 5.26. The van der Waals surface area contributed by atoms with Crippen LogP contribution < -0.4 is 4.74 Å². The fourth-order valence-corrected chi connectivity index (χ4v) is 3.40. The van der Waals surface area contributed by atoms with E-state index in [1.165, 1.54) is 11.8 Å². The lowest BCUT2D eigenvalue weighted by Gasteiger charge is -2.16. The summed E-state index contributed by atoms with van der Waals surface area (Å²) < 4.78 is 5.77. The minimum atomic E-state index is 0.00424. The molecule has 0 aliphatic carbocycles. The summed E-state index contributed by atoms with van der Waals surface area (Å²) in [6, 6.07) is 7.61. The van der Waals surface area contributed by atoms with E-state index in [-0.39, 0.29) is 5.91 Å². The summed E-state index contributed by atoms with van der Waals surface area (Å²) in [4.78, 5) is 16.9. The summed E-state index contributed by atoms with van der Waals surface area (Å²) in [5.74, 6) is 0.804. The number of hydrogen-bond acceptors (Lipinski definition) is 5. The van der Waals surface area contributed by atoms with E-state index in [1.807, 2.05) is 44.4 Å². The fourth-order valence-electron chi connectivity index (χ4n) is 2.09. The third kappa shape index (κ3) is 4.32. The normalized spacial score (nSPS) is 16.9. The van der Waals surface area contributed by atoms with Gasteiger partial charge in [-0.15, -0.1) is 0 Å². The highest BCUT2D eigenvalue weighted by Crippen LogP contribution is 2.32. The van der Waals surface area contributed by atoms with Crippen LogP contribution in [0.4, 0.5) is 0 Å². The molecule has 0 N–H and O–H groups in total. The molecule has 6 heteroatoms. The van der Waals surface area contributed by atoms with Gasteiger partial charge in [-0.25, -0.2) is 0 Å². The van der Waals surface area contributed by atoms with Crippen LogP contribution in [0, 0.1) is 0 Å². The zero-order valence-corrected chi connectivity index (χ0v) is 14.7. The number of benzene rings is 1.